The third kappa shape index (κ3) is 5.32. The first-order chi connectivity index (χ1) is 18.7. The number of nitrogens with zero attached hydrogens (tertiary/aromatic N) is 3. The summed E-state index contributed by atoms with van der Waals surface area (Å²) in [7, 11) is 1.23. The molecule has 204 valence electrons. The van der Waals surface area contributed by atoms with Crippen LogP contribution in [0.2, 0.25) is 5.02 Å². The number of methoxy groups -OCH3 is 1. The summed E-state index contributed by atoms with van der Waals surface area (Å²) in [5.74, 6) is -1.01. The van der Waals surface area contributed by atoms with Crippen molar-refractivity contribution >= 4 is 52.1 Å². The van der Waals surface area contributed by atoms with Gasteiger partial charge in [-0.1, -0.05) is 28.2 Å². The highest BCUT2D eigenvalue weighted by molar-refractivity contribution is 6.30. The van der Waals surface area contributed by atoms with Crippen LogP contribution < -0.4 is 15.8 Å². The Balaban J connectivity index is 1.36. The zero-order valence-corrected chi connectivity index (χ0v) is 21.6. The standard InChI is InChI=1S/C26H25ClFN5O6/c1-38-23(34)13-39-17-5-6-20-18(10-17)19(12-31(20)25(29)36)30-26(37)33-21-8-15(21)9-22(33)24(35)32(28)11-14-3-2-4-16(27)7-14/h2-7,10,12,15,21-22H,8-9,11,13H2,1H3,(H2,29,36)(H,30,37)/t15-,21-,22+/m1/s1. The van der Waals surface area contributed by atoms with Crippen molar-refractivity contribution in [2.45, 2.75) is 31.5 Å². The molecular weight excluding hydrogens is 533 g/mol. The summed E-state index contributed by atoms with van der Waals surface area (Å²) in [5.41, 5.74) is 6.63. The van der Waals surface area contributed by atoms with E-state index in [4.69, 9.17) is 22.1 Å². The summed E-state index contributed by atoms with van der Waals surface area (Å²) in [6, 6.07) is 8.58. The Morgan fingerprint density at radius 1 is 1.18 bits per heavy atom. The van der Waals surface area contributed by atoms with Crippen LogP contribution in [-0.4, -0.2) is 64.3 Å². The van der Waals surface area contributed by atoms with E-state index in [0.29, 0.717) is 34.3 Å². The maximum Gasteiger partial charge on any atom is 0.343 e. The van der Waals surface area contributed by atoms with E-state index >= 15 is 0 Å². The number of esters is 1. The number of rotatable bonds is 7. The number of piperidine rings is 1. The number of urea groups is 1. The maximum absolute atomic E-state index is 15.0. The molecular formula is C26H25ClFN5O6. The average molecular weight is 558 g/mol. The molecule has 3 N–H and O–H groups in total. The number of benzene rings is 2. The van der Waals surface area contributed by atoms with Crippen molar-refractivity contribution in [3.05, 3.63) is 59.2 Å². The molecule has 1 saturated heterocycles. The summed E-state index contributed by atoms with van der Waals surface area (Å²) in [4.78, 5) is 51.3. The molecule has 5 rings (SSSR count). The lowest BCUT2D eigenvalue weighted by atomic mass is 10.1. The van der Waals surface area contributed by atoms with Crippen molar-refractivity contribution in [1.29, 1.82) is 0 Å². The zero-order chi connectivity index (χ0) is 27.8. The van der Waals surface area contributed by atoms with Gasteiger partial charge in [-0.05, 0) is 54.7 Å². The van der Waals surface area contributed by atoms with E-state index in [1.165, 1.54) is 30.3 Å². The number of aromatic nitrogens is 1. The fraction of sp³-hybridized carbons (Fsp3) is 0.308. The third-order valence-electron chi connectivity index (χ3n) is 6.91. The summed E-state index contributed by atoms with van der Waals surface area (Å²) >= 11 is 5.97. The average Bonchev–Trinajstić information content (AvgIpc) is 3.42. The molecule has 4 amide bonds. The quantitative estimate of drug-likeness (QED) is 0.336. The van der Waals surface area contributed by atoms with Gasteiger partial charge in [0.2, 0.25) is 0 Å². The van der Waals surface area contributed by atoms with E-state index in [-0.39, 0.29) is 41.7 Å². The van der Waals surface area contributed by atoms with Gasteiger partial charge in [0.25, 0.3) is 5.91 Å². The van der Waals surface area contributed by atoms with Crippen molar-refractivity contribution < 1.29 is 33.1 Å². The number of carbonyl (C=O) groups excluding carboxylic acids is 4. The molecule has 1 aliphatic heterocycles. The highest BCUT2D eigenvalue weighted by atomic mass is 35.5. The van der Waals surface area contributed by atoms with E-state index in [1.54, 1.807) is 30.3 Å². The largest absolute Gasteiger partial charge is 0.482 e. The van der Waals surface area contributed by atoms with Crippen LogP contribution in [0.25, 0.3) is 10.9 Å². The summed E-state index contributed by atoms with van der Waals surface area (Å²) in [6.07, 6.45) is 2.42. The molecule has 0 spiro atoms. The second-order valence-electron chi connectivity index (χ2n) is 9.44. The first-order valence-electron chi connectivity index (χ1n) is 12.1. The van der Waals surface area contributed by atoms with Crippen LogP contribution in [-0.2, 0) is 20.9 Å². The molecule has 0 radical (unpaired) electrons. The second kappa shape index (κ2) is 10.4. The van der Waals surface area contributed by atoms with Crippen LogP contribution in [0.5, 0.6) is 5.75 Å². The number of nitrogens with one attached hydrogen (secondary N) is 1. The highest BCUT2D eigenvalue weighted by Crippen LogP contribution is 2.48. The molecule has 39 heavy (non-hydrogen) atoms. The normalized spacial score (nSPS) is 19.4. The molecule has 1 aliphatic carbocycles. The van der Waals surface area contributed by atoms with Crippen LogP contribution in [0, 0.1) is 5.92 Å². The number of primary amides is 1. The number of hydrogen-bond donors (Lipinski definition) is 2. The van der Waals surface area contributed by atoms with Crippen molar-refractivity contribution in [3.63, 3.8) is 0 Å². The Hall–Kier alpha value is -4.32. The van der Waals surface area contributed by atoms with Crippen molar-refractivity contribution in [1.82, 2.24) is 14.6 Å². The van der Waals surface area contributed by atoms with Gasteiger partial charge in [-0.3, -0.25) is 9.36 Å². The number of amides is 4. The summed E-state index contributed by atoms with van der Waals surface area (Å²) < 4.78 is 26.1. The smallest absolute Gasteiger partial charge is 0.343 e. The monoisotopic (exact) mass is 557 g/mol. The molecule has 0 unspecified atom stereocenters. The number of fused-ring (bicyclic) bond motifs is 2. The molecule has 0 bridgehead atoms. The number of nitrogens with two attached hydrogens (primary N) is 1. The van der Waals surface area contributed by atoms with E-state index in [0.717, 1.165) is 4.57 Å². The Kier molecular flexibility index (Phi) is 7.04. The fourth-order valence-electron chi connectivity index (χ4n) is 4.97. The van der Waals surface area contributed by atoms with Crippen molar-refractivity contribution in [2.75, 3.05) is 19.0 Å². The van der Waals surface area contributed by atoms with E-state index < -0.39 is 30.0 Å². The minimum absolute atomic E-state index is 0.102. The van der Waals surface area contributed by atoms with Crippen LogP contribution in [0.4, 0.5) is 19.8 Å². The van der Waals surface area contributed by atoms with Gasteiger partial charge in [0, 0.05) is 22.6 Å². The number of likely N-dealkylation sites (tertiary alicyclic amines) is 1. The number of carbonyl (C=O) groups is 4. The van der Waals surface area contributed by atoms with Crippen LogP contribution in [0.1, 0.15) is 18.4 Å². The first-order valence-corrected chi connectivity index (χ1v) is 12.5. The van der Waals surface area contributed by atoms with Gasteiger partial charge in [0.05, 0.1) is 24.9 Å². The lowest BCUT2D eigenvalue weighted by Gasteiger charge is -2.28. The van der Waals surface area contributed by atoms with Gasteiger partial charge >= 0.3 is 18.0 Å². The van der Waals surface area contributed by atoms with Crippen molar-refractivity contribution in [2.24, 2.45) is 11.7 Å². The van der Waals surface area contributed by atoms with Gasteiger partial charge in [-0.15, -0.1) is 0 Å². The van der Waals surface area contributed by atoms with E-state index in [1.807, 2.05) is 0 Å². The lowest BCUT2D eigenvalue weighted by molar-refractivity contribution is -0.152. The maximum atomic E-state index is 15.0. The zero-order valence-electron chi connectivity index (χ0n) is 20.8. The molecule has 3 atom stereocenters. The Morgan fingerprint density at radius 3 is 2.69 bits per heavy atom. The third-order valence-corrected chi connectivity index (χ3v) is 7.15. The Morgan fingerprint density at radius 2 is 1.97 bits per heavy atom. The van der Waals surface area contributed by atoms with Gasteiger partial charge in [-0.25, -0.2) is 14.4 Å². The number of ether oxygens (including phenoxy) is 2. The molecule has 1 saturated carbocycles. The SMILES string of the molecule is COC(=O)COc1ccc2c(c1)c(NC(=O)N1[C@@H]3C[C@@H]3C[C@H]1C(=O)N(F)Cc1cccc(Cl)c1)cn2C(N)=O. The van der Waals surface area contributed by atoms with Gasteiger partial charge < -0.3 is 25.4 Å². The van der Waals surface area contributed by atoms with Crippen LogP contribution >= 0.6 is 11.6 Å². The minimum Gasteiger partial charge on any atom is -0.482 e. The van der Waals surface area contributed by atoms with Crippen LogP contribution in [0.3, 0.4) is 0 Å². The predicted molar refractivity (Wildman–Crippen MR) is 139 cm³/mol. The number of hydrogen-bond acceptors (Lipinski definition) is 6. The predicted octanol–water partition coefficient (Wildman–Crippen LogP) is 3.68. The van der Waals surface area contributed by atoms with Crippen LogP contribution in [0.15, 0.2) is 48.7 Å². The summed E-state index contributed by atoms with van der Waals surface area (Å²) in [5, 5.41) is 3.68. The van der Waals surface area contributed by atoms with Gasteiger partial charge in [0.15, 0.2) is 6.61 Å². The molecule has 2 aliphatic rings. The molecule has 11 nitrogen and oxygen atoms in total. The molecule has 2 heterocycles. The second-order valence-corrected chi connectivity index (χ2v) is 9.87. The Bertz CT molecular complexity index is 1480. The topological polar surface area (TPSA) is 136 Å². The minimum atomic E-state index is -0.985. The number of halogens is 2. The molecule has 3 aromatic rings. The lowest BCUT2D eigenvalue weighted by Crippen LogP contribution is -2.48. The Labute approximate surface area is 227 Å². The van der Waals surface area contributed by atoms with Gasteiger partial charge in [0.1, 0.15) is 11.8 Å². The highest BCUT2D eigenvalue weighted by Gasteiger charge is 2.57. The molecule has 2 aromatic carbocycles. The van der Waals surface area contributed by atoms with Crippen molar-refractivity contribution in [3.8, 4) is 5.75 Å². The number of anilines is 1. The molecule has 2 fully saturated rings. The van der Waals surface area contributed by atoms with E-state index in [2.05, 4.69) is 10.1 Å². The fourth-order valence-corrected chi connectivity index (χ4v) is 5.18. The molecule has 1 aromatic heterocycles. The van der Waals surface area contributed by atoms with Gasteiger partial charge in [-0.2, -0.15) is 5.12 Å². The summed E-state index contributed by atoms with van der Waals surface area (Å²) in [6.45, 7) is -0.642. The molecule has 13 heteroatoms. The van der Waals surface area contributed by atoms with E-state index in [9.17, 15) is 23.7 Å². The first kappa shape index (κ1) is 26.3.